The number of nitrogens with one attached hydrogen (secondary N) is 1. The van der Waals surface area contributed by atoms with Crippen molar-refractivity contribution in [1.82, 2.24) is 10.2 Å². The number of hydrogen-bond donors (Lipinski definition) is 1. The molecule has 0 aromatic carbocycles. The molecule has 17 heavy (non-hydrogen) atoms. The van der Waals surface area contributed by atoms with Crippen LogP contribution in [0.2, 0.25) is 0 Å². The minimum absolute atomic E-state index is 0.421. The Hall–Kier alpha value is -0.0800. The van der Waals surface area contributed by atoms with Gasteiger partial charge in [-0.25, -0.2) is 0 Å². The van der Waals surface area contributed by atoms with Crippen LogP contribution in [0.3, 0.4) is 0 Å². The van der Waals surface area contributed by atoms with Crippen molar-refractivity contribution in [2.24, 2.45) is 17.3 Å². The third-order valence-corrected chi connectivity index (χ3v) is 3.85. The van der Waals surface area contributed by atoms with Gasteiger partial charge in [0.15, 0.2) is 0 Å². The summed E-state index contributed by atoms with van der Waals surface area (Å²) in [4.78, 5) is 2.49. The van der Waals surface area contributed by atoms with E-state index < -0.39 is 0 Å². The summed E-state index contributed by atoms with van der Waals surface area (Å²) in [6, 6.07) is 0. The average molecular weight is 240 g/mol. The largest absolute Gasteiger partial charge is 0.316 e. The Labute approximate surface area is 108 Å². The van der Waals surface area contributed by atoms with Crippen molar-refractivity contribution in [2.45, 2.75) is 47.0 Å². The fourth-order valence-corrected chi connectivity index (χ4v) is 2.91. The van der Waals surface area contributed by atoms with Crippen LogP contribution in [0, 0.1) is 17.3 Å². The molecule has 0 saturated carbocycles. The summed E-state index contributed by atoms with van der Waals surface area (Å²) in [5, 5.41) is 3.53. The molecule has 1 N–H and O–H groups in total. The van der Waals surface area contributed by atoms with E-state index in [0.29, 0.717) is 5.41 Å². The van der Waals surface area contributed by atoms with Gasteiger partial charge in [-0.15, -0.1) is 0 Å². The van der Waals surface area contributed by atoms with E-state index >= 15 is 0 Å². The molecule has 1 heterocycles. The van der Waals surface area contributed by atoms with Crippen LogP contribution in [-0.2, 0) is 0 Å². The molecule has 0 aliphatic carbocycles. The molecule has 1 aliphatic heterocycles. The zero-order chi connectivity index (χ0) is 12.9. The Morgan fingerprint density at radius 1 is 1.35 bits per heavy atom. The first-order valence-electron chi connectivity index (χ1n) is 7.28. The highest BCUT2D eigenvalue weighted by molar-refractivity contribution is 4.75. The van der Waals surface area contributed by atoms with Crippen LogP contribution in [-0.4, -0.2) is 38.1 Å². The van der Waals surface area contributed by atoms with Crippen molar-refractivity contribution < 1.29 is 0 Å². The molecule has 1 saturated heterocycles. The van der Waals surface area contributed by atoms with Gasteiger partial charge in [-0.3, -0.25) is 0 Å². The van der Waals surface area contributed by atoms with Gasteiger partial charge in [-0.2, -0.15) is 0 Å². The summed E-state index contributed by atoms with van der Waals surface area (Å²) in [6.07, 6.45) is 4.14. The molecule has 1 aliphatic rings. The third-order valence-electron chi connectivity index (χ3n) is 3.85. The van der Waals surface area contributed by atoms with E-state index in [1.807, 2.05) is 0 Å². The molecular formula is C15H32N2. The number of nitrogens with zero attached hydrogens (tertiary/aromatic N) is 1. The second-order valence-corrected chi connectivity index (χ2v) is 7.17. The Morgan fingerprint density at radius 3 is 2.59 bits per heavy atom. The fourth-order valence-electron chi connectivity index (χ4n) is 2.91. The maximum Gasteiger partial charge on any atom is 0.00270 e. The van der Waals surface area contributed by atoms with Gasteiger partial charge in [0.1, 0.15) is 0 Å². The van der Waals surface area contributed by atoms with E-state index in [2.05, 4.69) is 45.0 Å². The summed E-state index contributed by atoms with van der Waals surface area (Å²) < 4.78 is 0. The van der Waals surface area contributed by atoms with E-state index in [4.69, 9.17) is 0 Å². The van der Waals surface area contributed by atoms with Gasteiger partial charge in [-0.1, -0.05) is 27.7 Å². The van der Waals surface area contributed by atoms with Gasteiger partial charge < -0.3 is 10.2 Å². The first-order chi connectivity index (χ1) is 7.88. The lowest BCUT2D eigenvalue weighted by atomic mass is 9.85. The molecule has 0 aromatic rings. The van der Waals surface area contributed by atoms with Crippen LogP contribution >= 0.6 is 0 Å². The minimum atomic E-state index is 0.421. The molecular weight excluding hydrogens is 208 g/mol. The maximum atomic E-state index is 3.53. The summed E-state index contributed by atoms with van der Waals surface area (Å²) in [5.41, 5.74) is 0.421. The fraction of sp³-hybridized carbons (Fsp3) is 1.00. The molecule has 2 nitrogen and oxygen atoms in total. The second kappa shape index (κ2) is 6.75. The summed E-state index contributed by atoms with van der Waals surface area (Å²) in [6.45, 7) is 14.3. The molecule has 102 valence electrons. The molecule has 0 radical (unpaired) electrons. The van der Waals surface area contributed by atoms with Crippen LogP contribution in [0.1, 0.15) is 47.0 Å². The second-order valence-electron chi connectivity index (χ2n) is 7.17. The zero-order valence-electron chi connectivity index (χ0n) is 12.6. The molecule has 1 fully saturated rings. The Balaban J connectivity index is 2.20. The predicted octanol–water partition coefficient (Wildman–Crippen LogP) is 2.99. The molecule has 0 bridgehead atoms. The van der Waals surface area contributed by atoms with Crippen LogP contribution in [0.15, 0.2) is 0 Å². The maximum absolute atomic E-state index is 3.53. The topological polar surface area (TPSA) is 15.3 Å². The highest BCUT2D eigenvalue weighted by atomic mass is 15.1. The normalized spacial score (nSPS) is 24.0. The molecule has 2 atom stereocenters. The van der Waals surface area contributed by atoms with Gasteiger partial charge in [0.25, 0.3) is 0 Å². The van der Waals surface area contributed by atoms with Gasteiger partial charge in [0.05, 0.1) is 0 Å². The predicted molar refractivity (Wildman–Crippen MR) is 76.3 cm³/mol. The van der Waals surface area contributed by atoms with Crippen molar-refractivity contribution >= 4 is 0 Å². The van der Waals surface area contributed by atoms with Gasteiger partial charge in [-0.05, 0) is 63.2 Å². The lowest BCUT2D eigenvalue weighted by molar-refractivity contribution is 0.193. The molecule has 0 spiro atoms. The molecule has 0 aromatic heterocycles. The van der Waals surface area contributed by atoms with Crippen molar-refractivity contribution in [2.75, 3.05) is 33.2 Å². The number of hydrogen-bond acceptors (Lipinski definition) is 2. The minimum Gasteiger partial charge on any atom is -0.316 e. The Kier molecular flexibility index (Phi) is 5.94. The van der Waals surface area contributed by atoms with Crippen LogP contribution in [0.5, 0.6) is 0 Å². The third kappa shape index (κ3) is 6.42. The molecule has 0 amide bonds. The number of rotatable bonds is 5. The van der Waals surface area contributed by atoms with Gasteiger partial charge in [0.2, 0.25) is 0 Å². The van der Waals surface area contributed by atoms with E-state index in [0.717, 1.165) is 11.8 Å². The number of piperidine rings is 1. The van der Waals surface area contributed by atoms with Crippen molar-refractivity contribution in [1.29, 1.82) is 0 Å². The van der Waals surface area contributed by atoms with E-state index in [1.165, 1.54) is 45.4 Å². The molecule has 2 heteroatoms. The highest BCUT2D eigenvalue weighted by Crippen LogP contribution is 2.23. The van der Waals surface area contributed by atoms with Crippen LogP contribution in [0.4, 0.5) is 0 Å². The van der Waals surface area contributed by atoms with Crippen molar-refractivity contribution in [3.8, 4) is 0 Å². The standard InChI is InChI=1S/C15H32N2/c1-13(14-7-6-9-16-11-14)8-10-17(5)12-15(2,3)4/h13-14,16H,6-12H2,1-5H3. The monoisotopic (exact) mass is 240 g/mol. The van der Waals surface area contributed by atoms with Crippen molar-refractivity contribution in [3.05, 3.63) is 0 Å². The van der Waals surface area contributed by atoms with Crippen LogP contribution in [0.25, 0.3) is 0 Å². The average Bonchev–Trinajstić information content (AvgIpc) is 2.25. The SMILES string of the molecule is CC(CCN(C)CC(C)(C)C)C1CCCNC1. The van der Waals surface area contributed by atoms with E-state index in [-0.39, 0.29) is 0 Å². The smallest absolute Gasteiger partial charge is 0.00270 e. The first kappa shape index (κ1) is 15.0. The summed E-state index contributed by atoms with van der Waals surface area (Å²) in [7, 11) is 2.26. The lowest BCUT2D eigenvalue weighted by Crippen LogP contribution is -2.35. The van der Waals surface area contributed by atoms with Gasteiger partial charge in [0, 0.05) is 6.54 Å². The molecule has 2 unspecified atom stereocenters. The summed E-state index contributed by atoms with van der Waals surface area (Å²) in [5.74, 6) is 1.78. The zero-order valence-corrected chi connectivity index (χ0v) is 12.6. The first-order valence-corrected chi connectivity index (χ1v) is 7.28. The van der Waals surface area contributed by atoms with Crippen molar-refractivity contribution in [3.63, 3.8) is 0 Å². The van der Waals surface area contributed by atoms with E-state index in [1.54, 1.807) is 0 Å². The summed E-state index contributed by atoms with van der Waals surface area (Å²) >= 11 is 0. The quantitative estimate of drug-likeness (QED) is 0.795. The van der Waals surface area contributed by atoms with E-state index in [9.17, 15) is 0 Å². The molecule has 1 rings (SSSR count). The highest BCUT2D eigenvalue weighted by Gasteiger charge is 2.20. The van der Waals surface area contributed by atoms with Gasteiger partial charge >= 0.3 is 0 Å². The Morgan fingerprint density at radius 2 is 2.06 bits per heavy atom. The van der Waals surface area contributed by atoms with Crippen LogP contribution < -0.4 is 5.32 Å². The Bertz CT molecular complexity index is 201. The lowest BCUT2D eigenvalue weighted by Gasteiger charge is -2.31.